The van der Waals surface area contributed by atoms with Gasteiger partial charge in [0, 0.05) is 0 Å². The lowest BCUT2D eigenvalue weighted by molar-refractivity contribution is -0.145. The number of carboxylic acid groups (broad SMARTS) is 1. The minimum atomic E-state index is -0.645. The number of carboxylic acids is 1. The minimum absolute atomic E-state index is 0.192. The maximum Gasteiger partial charge on any atom is 0.306 e. The van der Waals surface area contributed by atoms with Gasteiger partial charge in [0.05, 0.1) is 18.1 Å². The Bertz CT molecular complexity index is 450. The molecule has 0 aromatic heterocycles. The van der Waals surface area contributed by atoms with Crippen molar-refractivity contribution in [2.24, 2.45) is 47.3 Å². The van der Waals surface area contributed by atoms with Gasteiger partial charge in [0.1, 0.15) is 0 Å². The Hall–Kier alpha value is -0.570. The summed E-state index contributed by atoms with van der Waals surface area (Å²) < 4.78 is 6.29. The fourth-order valence-electron chi connectivity index (χ4n) is 7.72. The molecule has 10 atom stereocenters. The summed E-state index contributed by atoms with van der Waals surface area (Å²) in [5.41, 5.74) is -0.192. The van der Waals surface area contributed by atoms with E-state index in [1.165, 1.54) is 6.42 Å². The summed E-state index contributed by atoms with van der Waals surface area (Å²) in [6.45, 7) is 0. The first-order chi connectivity index (χ1) is 7.74. The van der Waals surface area contributed by atoms with Gasteiger partial charge in [0.15, 0.2) is 0 Å². The van der Waals surface area contributed by atoms with E-state index in [9.17, 15) is 9.90 Å². The summed E-state index contributed by atoms with van der Waals surface area (Å²) in [6, 6.07) is 0. The van der Waals surface area contributed by atoms with Gasteiger partial charge >= 0.3 is 5.97 Å². The Morgan fingerprint density at radius 1 is 1.19 bits per heavy atom. The summed E-state index contributed by atoms with van der Waals surface area (Å²) in [5.74, 6) is 5.83. The zero-order valence-corrected chi connectivity index (χ0v) is 8.87. The molecule has 3 nitrogen and oxygen atoms in total. The number of hydrogen-bond donors (Lipinski definition) is 1. The lowest BCUT2D eigenvalue weighted by Crippen LogP contribution is -2.49. The molecular formula is C13H14O3. The van der Waals surface area contributed by atoms with Crippen LogP contribution in [-0.2, 0) is 9.53 Å². The lowest BCUT2D eigenvalue weighted by Gasteiger charge is -2.45. The molecule has 16 heavy (non-hydrogen) atoms. The fraction of sp³-hybridized carbons (Fsp3) is 0.923. The highest BCUT2D eigenvalue weighted by atomic mass is 16.5. The maximum atomic E-state index is 11.1. The van der Waals surface area contributed by atoms with E-state index in [4.69, 9.17) is 4.74 Å². The topological polar surface area (TPSA) is 46.5 Å². The number of rotatable bonds is 2. The molecule has 7 rings (SSSR count). The normalized spacial score (nSPS) is 77.9. The highest BCUT2D eigenvalue weighted by molar-refractivity contribution is 5.69. The Balaban J connectivity index is 1.62. The molecule has 7 fully saturated rings. The van der Waals surface area contributed by atoms with Crippen molar-refractivity contribution in [3.8, 4) is 0 Å². The number of aliphatic carboxylic acids is 1. The van der Waals surface area contributed by atoms with Crippen LogP contribution in [0.3, 0.4) is 0 Å². The molecule has 2 aliphatic heterocycles. The van der Waals surface area contributed by atoms with Crippen molar-refractivity contribution in [3.63, 3.8) is 0 Å². The quantitative estimate of drug-likeness (QED) is 0.751. The molecule has 0 amide bonds. The maximum absolute atomic E-state index is 11.1. The molecule has 84 valence electrons. The average molecular weight is 218 g/mol. The van der Waals surface area contributed by atoms with Crippen molar-refractivity contribution < 1.29 is 14.6 Å². The largest absolute Gasteiger partial charge is 0.481 e. The Labute approximate surface area is 93.2 Å². The van der Waals surface area contributed by atoms with Crippen LogP contribution in [0.5, 0.6) is 0 Å². The van der Waals surface area contributed by atoms with E-state index in [0.717, 1.165) is 35.5 Å². The molecule has 2 saturated heterocycles. The van der Waals surface area contributed by atoms with E-state index in [1.807, 2.05) is 0 Å². The van der Waals surface area contributed by atoms with Crippen LogP contribution in [-0.4, -0.2) is 22.8 Å². The van der Waals surface area contributed by atoms with Crippen molar-refractivity contribution in [1.82, 2.24) is 0 Å². The predicted molar refractivity (Wildman–Crippen MR) is 52.4 cm³/mol. The fourth-order valence-corrected chi connectivity index (χ4v) is 7.72. The van der Waals surface area contributed by atoms with E-state index in [2.05, 4.69) is 0 Å². The lowest BCUT2D eigenvalue weighted by atomic mass is 9.57. The van der Waals surface area contributed by atoms with Crippen molar-refractivity contribution in [2.75, 3.05) is 0 Å². The number of ether oxygens (including phenoxy) is 1. The SMILES string of the molecule is O=C(O)C[C@@]12O[C@@H]3[C@@H]4[C@@H]5[C@@H]6C[C@@H]([C@H]5[C@@H]41)[C@H]2[C@@H]63. The van der Waals surface area contributed by atoms with Gasteiger partial charge in [-0.15, -0.1) is 0 Å². The summed E-state index contributed by atoms with van der Waals surface area (Å²) in [6.07, 6.45) is 2.19. The Kier molecular flexibility index (Phi) is 0.848. The molecule has 5 saturated carbocycles. The molecule has 0 aromatic carbocycles. The van der Waals surface area contributed by atoms with Crippen LogP contribution in [0.25, 0.3) is 0 Å². The first-order valence-corrected chi connectivity index (χ1v) is 6.64. The molecule has 0 unspecified atom stereocenters. The van der Waals surface area contributed by atoms with Gasteiger partial charge in [-0.25, -0.2) is 0 Å². The van der Waals surface area contributed by atoms with Gasteiger partial charge in [0.2, 0.25) is 0 Å². The van der Waals surface area contributed by atoms with E-state index in [-0.39, 0.29) is 12.0 Å². The summed E-state index contributed by atoms with van der Waals surface area (Å²) >= 11 is 0. The molecule has 2 heterocycles. The van der Waals surface area contributed by atoms with Crippen LogP contribution < -0.4 is 0 Å². The molecule has 1 N–H and O–H groups in total. The van der Waals surface area contributed by atoms with Crippen LogP contribution in [0.15, 0.2) is 0 Å². The molecule has 3 heteroatoms. The second-order valence-electron chi connectivity index (χ2n) is 7.03. The van der Waals surface area contributed by atoms with Crippen LogP contribution in [0, 0.1) is 47.3 Å². The van der Waals surface area contributed by atoms with Gasteiger partial charge in [-0.3, -0.25) is 4.79 Å². The van der Waals surface area contributed by atoms with Crippen LogP contribution in [0.1, 0.15) is 12.8 Å². The summed E-state index contributed by atoms with van der Waals surface area (Å²) in [4.78, 5) is 11.1. The predicted octanol–water partition coefficient (Wildman–Crippen LogP) is 0.986. The van der Waals surface area contributed by atoms with E-state index < -0.39 is 5.97 Å². The Morgan fingerprint density at radius 3 is 2.88 bits per heavy atom. The highest BCUT2D eigenvalue weighted by Gasteiger charge is 2.92. The number of carbonyl (C=O) groups is 1. The van der Waals surface area contributed by atoms with Gasteiger partial charge < -0.3 is 9.84 Å². The molecule has 0 spiro atoms. The van der Waals surface area contributed by atoms with Gasteiger partial charge in [-0.2, -0.15) is 0 Å². The van der Waals surface area contributed by atoms with Gasteiger partial charge in [-0.05, 0) is 53.8 Å². The first-order valence-electron chi connectivity index (χ1n) is 6.64. The van der Waals surface area contributed by atoms with E-state index in [1.54, 1.807) is 0 Å². The second kappa shape index (κ2) is 1.76. The molecular weight excluding hydrogens is 204 g/mol. The van der Waals surface area contributed by atoms with Crippen LogP contribution in [0.4, 0.5) is 0 Å². The van der Waals surface area contributed by atoms with Crippen LogP contribution in [0.2, 0.25) is 0 Å². The average Bonchev–Trinajstić information content (AvgIpc) is 2.73. The smallest absolute Gasteiger partial charge is 0.306 e. The van der Waals surface area contributed by atoms with Gasteiger partial charge in [-0.1, -0.05) is 0 Å². The van der Waals surface area contributed by atoms with Gasteiger partial charge in [0.25, 0.3) is 0 Å². The first kappa shape index (κ1) is 7.70. The third-order valence-electron chi connectivity index (χ3n) is 7.29. The zero-order chi connectivity index (χ0) is 10.4. The van der Waals surface area contributed by atoms with Crippen molar-refractivity contribution in [1.29, 1.82) is 0 Å². The third-order valence-corrected chi connectivity index (χ3v) is 7.29. The second-order valence-corrected chi connectivity index (χ2v) is 7.03. The minimum Gasteiger partial charge on any atom is -0.481 e. The van der Waals surface area contributed by atoms with Crippen molar-refractivity contribution in [3.05, 3.63) is 0 Å². The standard InChI is InChI=1S/C13H14O3/c14-5(15)2-13-10-4-1-3-6-7(4)11(13)9(6)12(16-13)8(3)10/h3-4,6-12H,1-2H2,(H,14,15)/t3-,4-,6+,7+,8+,9+,10-,11-,12-,13-/m0/s1. The van der Waals surface area contributed by atoms with Crippen molar-refractivity contribution in [2.45, 2.75) is 24.5 Å². The van der Waals surface area contributed by atoms with E-state index in [0.29, 0.717) is 17.9 Å². The monoisotopic (exact) mass is 218 g/mol. The molecule has 5 aliphatic carbocycles. The Morgan fingerprint density at radius 2 is 2.06 bits per heavy atom. The molecule has 4 bridgehead atoms. The van der Waals surface area contributed by atoms with Crippen LogP contribution >= 0.6 is 0 Å². The summed E-state index contributed by atoms with van der Waals surface area (Å²) in [5, 5.41) is 9.17. The summed E-state index contributed by atoms with van der Waals surface area (Å²) in [7, 11) is 0. The number of hydrogen-bond acceptors (Lipinski definition) is 2. The molecule has 0 radical (unpaired) electrons. The molecule has 0 aromatic rings. The highest BCUT2D eigenvalue weighted by Crippen LogP contribution is 2.90. The zero-order valence-electron chi connectivity index (χ0n) is 8.87. The van der Waals surface area contributed by atoms with E-state index >= 15 is 0 Å². The van der Waals surface area contributed by atoms with Crippen molar-refractivity contribution >= 4 is 5.97 Å². The third kappa shape index (κ3) is 0.430. The molecule has 7 aliphatic rings.